The zero-order chi connectivity index (χ0) is 19.9. The Morgan fingerprint density at radius 1 is 0.769 bits per heavy atom. The van der Waals surface area contributed by atoms with Gasteiger partial charge in [-0.3, -0.25) is 0 Å². The predicted molar refractivity (Wildman–Crippen MR) is 104 cm³/mol. The van der Waals surface area contributed by atoms with Gasteiger partial charge in [0.2, 0.25) is 0 Å². The molecule has 26 heavy (non-hydrogen) atoms. The molecule has 0 bridgehead atoms. The Balaban J connectivity index is 3.46. The summed E-state index contributed by atoms with van der Waals surface area (Å²) in [7, 11) is 0. The van der Waals surface area contributed by atoms with E-state index in [1.807, 2.05) is 6.07 Å². The molecule has 0 heterocycles. The molecule has 150 valence electrons. The van der Waals surface area contributed by atoms with E-state index in [2.05, 4.69) is 5.32 Å². The van der Waals surface area contributed by atoms with Crippen molar-refractivity contribution in [3.05, 3.63) is 33.9 Å². The number of benzene rings is 1. The Labute approximate surface area is 157 Å². The van der Waals surface area contributed by atoms with Crippen molar-refractivity contribution in [2.75, 3.05) is 6.54 Å². The Bertz CT molecular complexity index is 557. The highest BCUT2D eigenvalue weighted by molar-refractivity contribution is 5.47. The van der Waals surface area contributed by atoms with Gasteiger partial charge < -0.3 is 31.5 Å². The number of hydrogen-bond donors (Lipinski definition) is 6. The molecule has 0 saturated carbocycles. The van der Waals surface area contributed by atoms with Crippen molar-refractivity contribution in [2.45, 2.75) is 84.5 Å². The van der Waals surface area contributed by atoms with Crippen molar-refractivity contribution in [1.82, 2.24) is 5.32 Å². The number of rotatable bonds is 11. The molecule has 7 N–H and O–H groups in total. The summed E-state index contributed by atoms with van der Waals surface area (Å²) in [6, 6.07) is 2.01. The molecule has 0 aromatic heterocycles. The first-order chi connectivity index (χ1) is 12.1. The lowest BCUT2D eigenvalue weighted by atomic mass is 9.84. The van der Waals surface area contributed by atoms with Crippen LogP contribution in [0.25, 0.3) is 0 Å². The molecule has 1 aromatic rings. The fourth-order valence-electron chi connectivity index (χ4n) is 3.35. The van der Waals surface area contributed by atoms with Gasteiger partial charge in [-0.15, -0.1) is 0 Å². The molecule has 0 spiro atoms. The van der Waals surface area contributed by atoms with Gasteiger partial charge in [-0.25, -0.2) is 0 Å². The first-order valence-corrected chi connectivity index (χ1v) is 9.44. The predicted octanol–water partition coefficient (Wildman–Crippen LogP) is 0.386. The molecule has 0 aliphatic carbocycles. The van der Waals surface area contributed by atoms with E-state index < -0.39 is 24.4 Å². The van der Waals surface area contributed by atoms with Gasteiger partial charge in [0.15, 0.2) is 0 Å². The number of nitrogens with one attached hydrogen (secondary N) is 1. The third-order valence-electron chi connectivity index (χ3n) is 4.33. The van der Waals surface area contributed by atoms with E-state index in [1.54, 1.807) is 27.7 Å². The topological polar surface area (TPSA) is 119 Å². The zero-order valence-corrected chi connectivity index (χ0v) is 16.5. The van der Waals surface area contributed by atoms with Crippen molar-refractivity contribution in [3.8, 4) is 0 Å². The Morgan fingerprint density at radius 3 is 1.77 bits per heavy atom. The molecule has 0 aliphatic heterocycles. The second kappa shape index (κ2) is 11.0. The Morgan fingerprint density at radius 2 is 1.31 bits per heavy atom. The summed E-state index contributed by atoms with van der Waals surface area (Å²) < 4.78 is 0. The summed E-state index contributed by atoms with van der Waals surface area (Å²) in [6.45, 7) is 8.27. The van der Waals surface area contributed by atoms with Gasteiger partial charge in [-0.1, -0.05) is 6.07 Å². The number of hydrogen-bond acceptors (Lipinski definition) is 6. The van der Waals surface area contributed by atoms with Crippen LogP contribution in [-0.2, 0) is 32.4 Å². The van der Waals surface area contributed by atoms with Crippen LogP contribution in [0.3, 0.4) is 0 Å². The maximum atomic E-state index is 10.0. The molecule has 4 atom stereocenters. The quantitative estimate of drug-likeness (QED) is 0.336. The summed E-state index contributed by atoms with van der Waals surface area (Å²) in [5.41, 5.74) is 10.9. The SMILES string of the molecule is CC(O)CNCc1c(CN)cc(CC(C)O)c(CC(C)O)c1CC(C)O. The van der Waals surface area contributed by atoms with Crippen molar-refractivity contribution < 1.29 is 20.4 Å². The van der Waals surface area contributed by atoms with Gasteiger partial charge in [0.05, 0.1) is 24.4 Å². The van der Waals surface area contributed by atoms with E-state index in [0.29, 0.717) is 38.9 Å². The molecule has 0 amide bonds. The lowest BCUT2D eigenvalue weighted by Crippen LogP contribution is -2.27. The fourth-order valence-corrected chi connectivity index (χ4v) is 3.35. The molecule has 0 fully saturated rings. The van der Waals surface area contributed by atoms with Crippen LogP contribution in [0.2, 0.25) is 0 Å². The molecule has 0 aliphatic rings. The third kappa shape index (κ3) is 7.31. The van der Waals surface area contributed by atoms with Gasteiger partial charge in [-0.05, 0) is 74.8 Å². The van der Waals surface area contributed by atoms with Gasteiger partial charge in [0, 0.05) is 19.6 Å². The van der Waals surface area contributed by atoms with E-state index in [-0.39, 0.29) is 0 Å². The highest BCUT2D eigenvalue weighted by Gasteiger charge is 2.20. The molecular weight excluding hydrogens is 332 g/mol. The second-order valence-corrected chi connectivity index (χ2v) is 7.47. The van der Waals surface area contributed by atoms with Crippen molar-refractivity contribution in [2.24, 2.45) is 5.73 Å². The van der Waals surface area contributed by atoms with Crippen molar-refractivity contribution in [1.29, 1.82) is 0 Å². The summed E-state index contributed by atoms with van der Waals surface area (Å²) in [5, 5.41) is 42.6. The number of nitrogens with two attached hydrogens (primary N) is 1. The molecule has 1 rings (SSSR count). The Kier molecular flexibility index (Phi) is 9.71. The third-order valence-corrected chi connectivity index (χ3v) is 4.33. The van der Waals surface area contributed by atoms with E-state index >= 15 is 0 Å². The van der Waals surface area contributed by atoms with Crippen LogP contribution in [-0.4, -0.2) is 51.4 Å². The minimum atomic E-state index is -0.536. The summed E-state index contributed by atoms with van der Waals surface area (Å²) >= 11 is 0. The van der Waals surface area contributed by atoms with Gasteiger partial charge in [0.25, 0.3) is 0 Å². The van der Waals surface area contributed by atoms with Gasteiger partial charge in [-0.2, -0.15) is 0 Å². The Hall–Kier alpha value is -1.02. The maximum Gasteiger partial charge on any atom is 0.0636 e. The highest BCUT2D eigenvalue weighted by Crippen LogP contribution is 2.28. The average molecular weight is 369 g/mol. The molecule has 6 heteroatoms. The highest BCUT2D eigenvalue weighted by atomic mass is 16.3. The standard InChI is InChI=1S/C20H36N2O4/c1-12(23)5-16-8-17(9-21)20(11-22-10-15(4)26)19(7-14(3)25)18(16)6-13(2)24/h8,12-15,22-26H,5-7,9-11,21H2,1-4H3. The van der Waals surface area contributed by atoms with Crippen molar-refractivity contribution in [3.63, 3.8) is 0 Å². The molecule has 4 unspecified atom stereocenters. The minimum absolute atomic E-state index is 0.347. The largest absolute Gasteiger partial charge is 0.393 e. The fraction of sp³-hybridized carbons (Fsp3) is 0.700. The smallest absolute Gasteiger partial charge is 0.0636 e. The lowest BCUT2D eigenvalue weighted by Gasteiger charge is -2.25. The first-order valence-electron chi connectivity index (χ1n) is 9.44. The monoisotopic (exact) mass is 368 g/mol. The number of aliphatic hydroxyl groups excluding tert-OH is 4. The van der Waals surface area contributed by atoms with E-state index in [4.69, 9.17) is 5.73 Å². The van der Waals surface area contributed by atoms with E-state index in [0.717, 1.165) is 27.8 Å². The number of aliphatic hydroxyl groups is 4. The van der Waals surface area contributed by atoms with E-state index in [9.17, 15) is 20.4 Å². The minimum Gasteiger partial charge on any atom is -0.393 e. The van der Waals surface area contributed by atoms with Crippen LogP contribution in [0.4, 0.5) is 0 Å². The zero-order valence-electron chi connectivity index (χ0n) is 16.5. The van der Waals surface area contributed by atoms with Gasteiger partial charge in [0.1, 0.15) is 0 Å². The van der Waals surface area contributed by atoms with Crippen LogP contribution in [0.1, 0.15) is 55.5 Å². The van der Waals surface area contributed by atoms with Crippen LogP contribution in [0.5, 0.6) is 0 Å². The second-order valence-electron chi connectivity index (χ2n) is 7.47. The molecule has 0 radical (unpaired) electrons. The summed E-state index contributed by atoms with van der Waals surface area (Å²) in [5.74, 6) is 0. The molecular formula is C20H36N2O4. The van der Waals surface area contributed by atoms with E-state index in [1.165, 1.54) is 0 Å². The normalized spacial score (nSPS) is 16.3. The van der Waals surface area contributed by atoms with Crippen LogP contribution in [0.15, 0.2) is 6.07 Å². The average Bonchev–Trinajstić information content (AvgIpc) is 2.50. The van der Waals surface area contributed by atoms with Crippen molar-refractivity contribution >= 4 is 0 Å². The molecule has 0 saturated heterocycles. The van der Waals surface area contributed by atoms with Crippen LogP contribution in [0, 0.1) is 0 Å². The van der Waals surface area contributed by atoms with Crippen LogP contribution < -0.4 is 11.1 Å². The van der Waals surface area contributed by atoms with Crippen LogP contribution >= 0.6 is 0 Å². The first kappa shape index (κ1) is 23.0. The van der Waals surface area contributed by atoms with Gasteiger partial charge >= 0.3 is 0 Å². The lowest BCUT2D eigenvalue weighted by molar-refractivity contribution is 0.184. The summed E-state index contributed by atoms with van der Waals surface area (Å²) in [6.07, 6.45) is -0.645. The molecule has 6 nitrogen and oxygen atoms in total. The molecule has 1 aromatic carbocycles. The maximum absolute atomic E-state index is 10.0. The summed E-state index contributed by atoms with van der Waals surface area (Å²) in [4.78, 5) is 0.